The van der Waals surface area contributed by atoms with Gasteiger partial charge in [0.2, 0.25) is 0 Å². The summed E-state index contributed by atoms with van der Waals surface area (Å²) < 4.78 is 0. The molecule has 1 aromatic rings. The third-order valence-electron chi connectivity index (χ3n) is 2.35. The SMILES string of the molecule is CCCNCc1cccc(Cl)c1SCC(C)C. The molecule has 17 heavy (non-hydrogen) atoms. The molecule has 0 radical (unpaired) electrons. The van der Waals surface area contributed by atoms with E-state index >= 15 is 0 Å². The first-order valence-corrected chi connectivity index (χ1v) is 7.62. The van der Waals surface area contributed by atoms with Gasteiger partial charge in [0.25, 0.3) is 0 Å². The minimum Gasteiger partial charge on any atom is -0.313 e. The quantitative estimate of drug-likeness (QED) is 0.575. The van der Waals surface area contributed by atoms with Crippen molar-refractivity contribution in [1.82, 2.24) is 5.32 Å². The molecule has 1 nitrogen and oxygen atoms in total. The predicted molar refractivity (Wildman–Crippen MR) is 79.0 cm³/mol. The van der Waals surface area contributed by atoms with Crippen molar-refractivity contribution in [2.45, 2.75) is 38.6 Å². The van der Waals surface area contributed by atoms with Crippen molar-refractivity contribution in [2.24, 2.45) is 5.92 Å². The molecule has 0 saturated heterocycles. The zero-order valence-electron chi connectivity index (χ0n) is 10.9. The number of thioether (sulfide) groups is 1. The van der Waals surface area contributed by atoms with Gasteiger partial charge in [0.15, 0.2) is 0 Å². The molecule has 0 amide bonds. The number of hydrogen-bond donors (Lipinski definition) is 1. The third-order valence-corrected chi connectivity index (χ3v) is 4.38. The summed E-state index contributed by atoms with van der Waals surface area (Å²) in [7, 11) is 0. The predicted octanol–water partition coefficient (Wildman–Crippen LogP) is 4.59. The van der Waals surface area contributed by atoms with Crippen molar-refractivity contribution in [2.75, 3.05) is 12.3 Å². The Morgan fingerprint density at radius 1 is 1.35 bits per heavy atom. The number of rotatable bonds is 7. The van der Waals surface area contributed by atoms with Crippen molar-refractivity contribution >= 4 is 23.4 Å². The summed E-state index contributed by atoms with van der Waals surface area (Å²) in [6.45, 7) is 8.62. The Morgan fingerprint density at radius 2 is 2.12 bits per heavy atom. The summed E-state index contributed by atoms with van der Waals surface area (Å²) >= 11 is 8.14. The van der Waals surface area contributed by atoms with Gasteiger partial charge >= 0.3 is 0 Å². The highest BCUT2D eigenvalue weighted by atomic mass is 35.5. The van der Waals surface area contributed by atoms with Gasteiger partial charge in [-0.1, -0.05) is 44.5 Å². The van der Waals surface area contributed by atoms with Gasteiger partial charge < -0.3 is 5.32 Å². The molecule has 0 aliphatic heterocycles. The molecule has 0 spiro atoms. The van der Waals surface area contributed by atoms with Crippen LogP contribution >= 0.6 is 23.4 Å². The largest absolute Gasteiger partial charge is 0.313 e. The fraction of sp³-hybridized carbons (Fsp3) is 0.571. The Balaban J connectivity index is 2.69. The topological polar surface area (TPSA) is 12.0 Å². The lowest BCUT2D eigenvalue weighted by atomic mass is 10.2. The van der Waals surface area contributed by atoms with E-state index in [4.69, 9.17) is 11.6 Å². The van der Waals surface area contributed by atoms with Gasteiger partial charge in [-0.15, -0.1) is 11.8 Å². The Morgan fingerprint density at radius 3 is 2.76 bits per heavy atom. The standard InChI is InChI=1S/C14H22ClNS/c1-4-8-16-9-12-6-5-7-13(15)14(12)17-10-11(2)3/h5-7,11,16H,4,8-10H2,1-3H3. The Labute approximate surface area is 114 Å². The average Bonchev–Trinajstić information content (AvgIpc) is 2.28. The van der Waals surface area contributed by atoms with Gasteiger partial charge in [-0.2, -0.15) is 0 Å². The molecule has 0 unspecified atom stereocenters. The Bertz CT molecular complexity index is 339. The van der Waals surface area contributed by atoms with E-state index in [0.29, 0.717) is 5.92 Å². The van der Waals surface area contributed by atoms with Crippen LogP contribution in [0.4, 0.5) is 0 Å². The van der Waals surface area contributed by atoms with Gasteiger partial charge in [0.1, 0.15) is 0 Å². The van der Waals surface area contributed by atoms with Crippen LogP contribution in [0, 0.1) is 5.92 Å². The Hall–Kier alpha value is -0.180. The first-order chi connectivity index (χ1) is 8.15. The summed E-state index contributed by atoms with van der Waals surface area (Å²) in [5, 5.41) is 4.32. The third kappa shape index (κ3) is 5.33. The average molecular weight is 272 g/mol. The number of halogens is 1. The van der Waals surface area contributed by atoms with Gasteiger partial charge in [-0.05, 0) is 30.5 Å². The van der Waals surface area contributed by atoms with Crippen LogP contribution in [-0.2, 0) is 6.54 Å². The van der Waals surface area contributed by atoms with Crippen LogP contribution in [0.1, 0.15) is 32.8 Å². The second kappa shape index (κ2) is 8.02. The highest BCUT2D eigenvalue weighted by Gasteiger charge is 2.08. The molecule has 0 heterocycles. The van der Waals surface area contributed by atoms with Crippen LogP contribution in [0.5, 0.6) is 0 Å². The first-order valence-electron chi connectivity index (χ1n) is 6.26. The van der Waals surface area contributed by atoms with Gasteiger partial charge in [-0.25, -0.2) is 0 Å². The second-order valence-corrected chi connectivity index (χ2v) is 6.05. The molecule has 0 atom stereocenters. The maximum atomic E-state index is 6.28. The number of nitrogens with one attached hydrogen (secondary N) is 1. The molecule has 0 fully saturated rings. The van der Waals surface area contributed by atoms with E-state index in [1.54, 1.807) is 0 Å². The summed E-state index contributed by atoms with van der Waals surface area (Å²) in [5.74, 6) is 1.80. The molecule has 0 aromatic heterocycles. The molecule has 0 saturated carbocycles. The molecular formula is C14H22ClNS. The van der Waals surface area contributed by atoms with Crippen molar-refractivity contribution in [3.63, 3.8) is 0 Å². The highest BCUT2D eigenvalue weighted by Crippen LogP contribution is 2.31. The molecular weight excluding hydrogens is 250 g/mol. The second-order valence-electron chi connectivity index (χ2n) is 4.61. The summed E-state index contributed by atoms with van der Waals surface area (Å²) in [6.07, 6.45) is 1.16. The number of benzene rings is 1. The van der Waals surface area contributed by atoms with Crippen molar-refractivity contribution in [3.05, 3.63) is 28.8 Å². The van der Waals surface area contributed by atoms with E-state index in [2.05, 4.69) is 32.2 Å². The van der Waals surface area contributed by atoms with Crippen LogP contribution < -0.4 is 5.32 Å². The monoisotopic (exact) mass is 271 g/mol. The van der Waals surface area contributed by atoms with Crippen molar-refractivity contribution in [3.8, 4) is 0 Å². The van der Waals surface area contributed by atoms with Crippen LogP contribution in [0.2, 0.25) is 5.02 Å². The minimum absolute atomic E-state index is 0.688. The molecule has 1 rings (SSSR count). The van der Waals surface area contributed by atoms with Gasteiger partial charge in [0.05, 0.1) is 5.02 Å². The lowest BCUT2D eigenvalue weighted by Crippen LogP contribution is -2.14. The molecule has 1 aromatic carbocycles. The zero-order valence-corrected chi connectivity index (χ0v) is 12.5. The molecule has 0 aliphatic carbocycles. The van der Waals surface area contributed by atoms with E-state index in [9.17, 15) is 0 Å². The number of hydrogen-bond acceptors (Lipinski definition) is 2. The normalized spacial score (nSPS) is 11.1. The van der Waals surface area contributed by atoms with Crippen LogP contribution in [0.15, 0.2) is 23.1 Å². The molecule has 96 valence electrons. The fourth-order valence-electron chi connectivity index (χ4n) is 1.50. The molecule has 3 heteroatoms. The van der Waals surface area contributed by atoms with E-state index in [-0.39, 0.29) is 0 Å². The Kier molecular flexibility index (Phi) is 7.02. The zero-order chi connectivity index (χ0) is 12.7. The van der Waals surface area contributed by atoms with Crippen LogP contribution in [0.25, 0.3) is 0 Å². The minimum atomic E-state index is 0.688. The summed E-state index contributed by atoms with van der Waals surface area (Å²) in [6, 6.07) is 6.18. The lowest BCUT2D eigenvalue weighted by molar-refractivity contribution is 0.669. The fourth-order valence-corrected chi connectivity index (χ4v) is 2.89. The highest BCUT2D eigenvalue weighted by molar-refractivity contribution is 7.99. The molecule has 1 N–H and O–H groups in total. The summed E-state index contributed by atoms with van der Waals surface area (Å²) in [5.41, 5.74) is 1.32. The van der Waals surface area contributed by atoms with E-state index in [1.807, 2.05) is 23.9 Å². The first kappa shape index (κ1) is 14.9. The molecule has 0 aliphatic rings. The smallest absolute Gasteiger partial charge is 0.0545 e. The van der Waals surface area contributed by atoms with Crippen LogP contribution in [-0.4, -0.2) is 12.3 Å². The van der Waals surface area contributed by atoms with Gasteiger partial charge in [-0.3, -0.25) is 0 Å². The summed E-state index contributed by atoms with van der Waals surface area (Å²) in [4.78, 5) is 1.24. The maximum absolute atomic E-state index is 6.28. The van der Waals surface area contributed by atoms with Crippen molar-refractivity contribution < 1.29 is 0 Å². The van der Waals surface area contributed by atoms with E-state index in [0.717, 1.165) is 30.3 Å². The lowest BCUT2D eigenvalue weighted by Gasteiger charge is -2.12. The van der Waals surface area contributed by atoms with Crippen LogP contribution in [0.3, 0.4) is 0 Å². The maximum Gasteiger partial charge on any atom is 0.0545 e. The van der Waals surface area contributed by atoms with E-state index < -0.39 is 0 Å². The van der Waals surface area contributed by atoms with Gasteiger partial charge in [0, 0.05) is 17.2 Å². The molecule has 0 bridgehead atoms. The van der Waals surface area contributed by atoms with Crippen molar-refractivity contribution in [1.29, 1.82) is 0 Å². The van der Waals surface area contributed by atoms with E-state index in [1.165, 1.54) is 10.5 Å².